The van der Waals surface area contributed by atoms with Crippen LogP contribution in [0.1, 0.15) is 24.5 Å². The summed E-state index contributed by atoms with van der Waals surface area (Å²) in [5.41, 5.74) is 2.53. The summed E-state index contributed by atoms with van der Waals surface area (Å²) in [6.45, 7) is 2.14. The Morgan fingerprint density at radius 2 is 1.74 bits per heavy atom. The normalized spacial score (nSPS) is 12.5. The van der Waals surface area contributed by atoms with Crippen molar-refractivity contribution in [2.45, 2.75) is 19.4 Å². The Morgan fingerprint density at radius 1 is 1.03 bits per heavy atom. The van der Waals surface area contributed by atoms with Crippen LogP contribution in [0.2, 0.25) is 0 Å². The summed E-state index contributed by atoms with van der Waals surface area (Å²) >= 11 is 0. The number of nitrogens with one attached hydrogen (secondary N) is 3. The smallest absolute Gasteiger partial charge is 0.363 e. The molecule has 10 heteroatoms. The zero-order valence-corrected chi connectivity index (χ0v) is 18.0. The van der Waals surface area contributed by atoms with E-state index in [2.05, 4.69) is 20.8 Å². The number of alkyl halides is 3. The molecule has 34 heavy (non-hydrogen) atoms. The summed E-state index contributed by atoms with van der Waals surface area (Å²) in [6, 6.07) is 16.3. The SMILES string of the molecule is CCOC(O)c1[nH]nc2cc(-c3ccc(NC(=O)Nc4cccc(C(F)(F)F)c4)cc3)ccc12. The third-order valence-electron chi connectivity index (χ3n) is 5.08. The molecular weight excluding hydrogens is 449 g/mol. The number of benzene rings is 3. The van der Waals surface area contributed by atoms with E-state index in [4.69, 9.17) is 4.74 Å². The van der Waals surface area contributed by atoms with Crippen LogP contribution in [0.4, 0.5) is 29.3 Å². The Balaban J connectivity index is 1.44. The number of halogens is 3. The Bertz CT molecular complexity index is 1300. The van der Waals surface area contributed by atoms with E-state index in [-0.39, 0.29) is 5.69 Å². The van der Waals surface area contributed by atoms with Crippen LogP contribution in [-0.2, 0) is 10.9 Å². The molecule has 4 N–H and O–H groups in total. The first-order valence-electron chi connectivity index (χ1n) is 10.4. The van der Waals surface area contributed by atoms with Gasteiger partial charge in [-0.15, -0.1) is 0 Å². The van der Waals surface area contributed by atoms with E-state index >= 15 is 0 Å². The molecule has 1 atom stereocenters. The molecule has 0 fully saturated rings. The zero-order chi connectivity index (χ0) is 24.3. The molecule has 7 nitrogen and oxygen atoms in total. The Hall–Kier alpha value is -3.89. The number of aromatic amines is 1. The van der Waals surface area contributed by atoms with Gasteiger partial charge in [-0.1, -0.05) is 30.3 Å². The summed E-state index contributed by atoms with van der Waals surface area (Å²) in [4.78, 5) is 12.2. The van der Waals surface area contributed by atoms with Gasteiger partial charge in [-0.05, 0) is 54.4 Å². The first kappa shape index (κ1) is 23.3. The van der Waals surface area contributed by atoms with E-state index in [1.807, 2.05) is 18.2 Å². The number of ether oxygens (including phenoxy) is 1. The van der Waals surface area contributed by atoms with Crippen LogP contribution in [0, 0.1) is 0 Å². The number of carbonyl (C=O) groups excluding carboxylic acids is 1. The summed E-state index contributed by atoms with van der Waals surface area (Å²) in [6.07, 6.45) is -5.58. The standard InChI is InChI=1S/C24H21F3N4O3/c1-2-34-22(32)21-19-11-8-15(12-20(19)30-31-21)14-6-9-17(10-7-14)28-23(33)29-18-5-3-4-16(13-18)24(25,26)27/h3-13,22,32H,2H2,1H3,(H,30,31)(H2,28,29,33). The molecule has 4 rings (SSSR count). The van der Waals surface area contributed by atoms with Gasteiger partial charge in [-0.3, -0.25) is 5.10 Å². The van der Waals surface area contributed by atoms with Crippen LogP contribution in [-0.4, -0.2) is 27.9 Å². The van der Waals surface area contributed by atoms with E-state index in [0.29, 0.717) is 23.5 Å². The lowest BCUT2D eigenvalue weighted by Crippen LogP contribution is -2.19. The Morgan fingerprint density at radius 3 is 2.44 bits per heavy atom. The maximum absolute atomic E-state index is 12.8. The third kappa shape index (κ3) is 5.19. The van der Waals surface area contributed by atoms with Gasteiger partial charge in [-0.2, -0.15) is 18.3 Å². The van der Waals surface area contributed by atoms with Gasteiger partial charge in [-0.25, -0.2) is 4.79 Å². The van der Waals surface area contributed by atoms with Crippen LogP contribution in [0.3, 0.4) is 0 Å². The number of fused-ring (bicyclic) bond motifs is 1. The molecule has 0 aliphatic heterocycles. The molecule has 0 aliphatic carbocycles. The van der Waals surface area contributed by atoms with Gasteiger partial charge >= 0.3 is 12.2 Å². The molecule has 0 aliphatic rings. The fourth-order valence-electron chi connectivity index (χ4n) is 3.45. The monoisotopic (exact) mass is 470 g/mol. The number of aliphatic hydroxyl groups is 1. The molecule has 1 heterocycles. The highest BCUT2D eigenvalue weighted by atomic mass is 19.4. The lowest BCUT2D eigenvalue weighted by molar-refractivity contribution is -0.137. The minimum Gasteiger partial charge on any atom is -0.363 e. The summed E-state index contributed by atoms with van der Waals surface area (Å²) in [5, 5.41) is 22.8. The van der Waals surface area contributed by atoms with Gasteiger partial charge < -0.3 is 20.5 Å². The van der Waals surface area contributed by atoms with Crippen molar-refractivity contribution >= 4 is 28.3 Å². The second-order valence-electron chi connectivity index (χ2n) is 7.41. The molecule has 3 aromatic carbocycles. The van der Waals surface area contributed by atoms with Crippen LogP contribution in [0.5, 0.6) is 0 Å². The summed E-state index contributed by atoms with van der Waals surface area (Å²) in [7, 11) is 0. The molecular formula is C24H21F3N4O3. The summed E-state index contributed by atoms with van der Waals surface area (Å²) < 4.78 is 43.7. The molecule has 0 bridgehead atoms. The number of aromatic nitrogens is 2. The van der Waals surface area contributed by atoms with E-state index < -0.39 is 24.1 Å². The fraction of sp³-hybridized carbons (Fsp3) is 0.167. The van der Waals surface area contributed by atoms with Crippen LogP contribution >= 0.6 is 0 Å². The molecule has 0 saturated carbocycles. The van der Waals surface area contributed by atoms with Crippen molar-refractivity contribution in [2.24, 2.45) is 0 Å². The van der Waals surface area contributed by atoms with E-state index in [0.717, 1.165) is 28.6 Å². The number of anilines is 2. The average Bonchev–Trinajstić information content (AvgIpc) is 3.23. The largest absolute Gasteiger partial charge is 0.416 e. The zero-order valence-electron chi connectivity index (χ0n) is 18.0. The second kappa shape index (κ2) is 9.54. The van der Waals surface area contributed by atoms with Crippen molar-refractivity contribution in [1.29, 1.82) is 0 Å². The van der Waals surface area contributed by atoms with Crippen molar-refractivity contribution in [3.8, 4) is 11.1 Å². The number of carbonyl (C=O) groups is 1. The van der Waals surface area contributed by atoms with Crippen molar-refractivity contribution in [1.82, 2.24) is 10.2 Å². The Kier molecular flexibility index (Phi) is 6.53. The molecule has 0 radical (unpaired) electrons. The maximum Gasteiger partial charge on any atom is 0.416 e. The lowest BCUT2D eigenvalue weighted by atomic mass is 10.0. The van der Waals surface area contributed by atoms with E-state index in [1.54, 1.807) is 31.2 Å². The van der Waals surface area contributed by atoms with Crippen LogP contribution < -0.4 is 10.6 Å². The Labute approximate surface area is 192 Å². The maximum atomic E-state index is 12.8. The predicted octanol–water partition coefficient (Wildman–Crippen LogP) is 5.92. The number of urea groups is 1. The fourth-order valence-corrected chi connectivity index (χ4v) is 3.45. The molecule has 1 unspecified atom stereocenters. The van der Waals surface area contributed by atoms with E-state index in [9.17, 15) is 23.1 Å². The first-order chi connectivity index (χ1) is 16.2. The highest BCUT2D eigenvalue weighted by Crippen LogP contribution is 2.31. The van der Waals surface area contributed by atoms with Gasteiger partial charge in [0.15, 0.2) is 6.29 Å². The van der Waals surface area contributed by atoms with Gasteiger partial charge in [0.05, 0.1) is 16.8 Å². The first-order valence-corrected chi connectivity index (χ1v) is 10.4. The lowest BCUT2D eigenvalue weighted by Gasteiger charge is -2.11. The van der Waals surface area contributed by atoms with Crippen molar-refractivity contribution in [3.63, 3.8) is 0 Å². The predicted molar refractivity (Wildman–Crippen MR) is 122 cm³/mol. The van der Waals surface area contributed by atoms with Crippen LogP contribution in [0.25, 0.3) is 22.0 Å². The molecule has 2 amide bonds. The molecule has 4 aromatic rings. The quantitative estimate of drug-likeness (QED) is 0.263. The number of nitrogens with zero attached hydrogens (tertiary/aromatic N) is 1. The summed E-state index contributed by atoms with van der Waals surface area (Å²) in [5.74, 6) is 0. The molecule has 0 spiro atoms. The highest BCUT2D eigenvalue weighted by Gasteiger charge is 2.30. The van der Waals surface area contributed by atoms with E-state index in [1.165, 1.54) is 12.1 Å². The van der Waals surface area contributed by atoms with Crippen LogP contribution in [0.15, 0.2) is 66.7 Å². The van der Waals surface area contributed by atoms with Gasteiger partial charge in [0.1, 0.15) is 0 Å². The number of rotatable bonds is 6. The average molecular weight is 470 g/mol. The van der Waals surface area contributed by atoms with Gasteiger partial charge in [0, 0.05) is 23.4 Å². The number of amides is 2. The van der Waals surface area contributed by atoms with Crippen molar-refractivity contribution < 1.29 is 27.8 Å². The third-order valence-corrected chi connectivity index (χ3v) is 5.08. The van der Waals surface area contributed by atoms with Gasteiger partial charge in [0.2, 0.25) is 0 Å². The van der Waals surface area contributed by atoms with Gasteiger partial charge in [0.25, 0.3) is 0 Å². The highest BCUT2D eigenvalue weighted by molar-refractivity contribution is 6.00. The topological polar surface area (TPSA) is 99.3 Å². The molecule has 0 saturated heterocycles. The number of H-pyrrole nitrogens is 1. The minimum atomic E-state index is -4.49. The molecule has 176 valence electrons. The number of hydrogen-bond donors (Lipinski definition) is 4. The number of aliphatic hydroxyl groups excluding tert-OH is 1. The number of hydrogen-bond acceptors (Lipinski definition) is 4. The minimum absolute atomic E-state index is 0.0325. The van der Waals surface area contributed by atoms with Crippen molar-refractivity contribution in [2.75, 3.05) is 17.2 Å². The second-order valence-corrected chi connectivity index (χ2v) is 7.41. The van der Waals surface area contributed by atoms with Crippen molar-refractivity contribution in [3.05, 3.63) is 78.0 Å². The molecule has 1 aromatic heterocycles.